The molecule has 1 aromatic rings. The number of carbonyl (C=O) groups excluding carboxylic acids is 1. The molecule has 21 heavy (non-hydrogen) atoms. The molecule has 2 rings (SSSR count). The molecule has 1 aromatic carbocycles. The summed E-state index contributed by atoms with van der Waals surface area (Å²) in [5.41, 5.74) is 2.01. The molecule has 0 heterocycles. The molecule has 0 spiro atoms. The molecular weight excluding hydrogens is 260 g/mol. The van der Waals surface area contributed by atoms with Gasteiger partial charge in [0.15, 0.2) is 0 Å². The summed E-state index contributed by atoms with van der Waals surface area (Å²) >= 11 is 0. The lowest BCUT2D eigenvalue weighted by Gasteiger charge is -2.34. The lowest BCUT2D eigenvalue weighted by atomic mass is 9.86. The normalized spacial score (nSPS) is 22.0. The van der Waals surface area contributed by atoms with Gasteiger partial charge in [0, 0.05) is 18.7 Å². The van der Waals surface area contributed by atoms with Gasteiger partial charge in [-0.15, -0.1) is 0 Å². The number of rotatable bonds is 5. The Balaban J connectivity index is 2.11. The first-order chi connectivity index (χ1) is 10.1. The zero-order valence-corrected chi connectivity index (χ0v) is 13.6. The number of nitrogens with one attached hydrogen (secondary N) is 1. The van der Waals surface area contributed by atoms with E-state index in [2.05, 4.69) is 18.3 Å². The molecule has 1 aliphatic carbocycles. The van der Waals surface area contributed by atoms with Crippen molar-refractivity contribution in [3.8, 4) is 0 Å². The molecule has 0 aliphatic heterocycles. The Morgan fingerprint density at radius 3 is 2.81 bits per heavy atom. The topological polar surface area (TPSA) is 32.3 Å². The van der Waals surface area contributed by atoms with E-state index < -0.39 is 0 Å². The fraction of sp³-hybridized carbons (Fsp3) is 0.611. The van der Waals surface area contributed by atoms with Crippen LogP contribution in [0.1, 0.15) is 48.5 Å². The number of nitrogens with zero attached hydrogens (tertiary/aromatic N) is 1. The Bertz CT molecular complexity index is 472. The van der Waals surface area contributed by atoms with E-state index in [1.165, 1.54) is 12.8 Å². The van der Waals surface area contributed by atoms with Gasteiger partial charge in [-0.05, 0) is 50.4 Å². The second-order valence-corrected chi connectivity index (χ2v) is 6.35. The van der Waals surface area contributed by atoms with Crippen molar-refractivity contribution >= 4 is 5.91 Å². The number of likely N-dealkylation sites (N-methyl/N-ethyl adjacent to an activating group) is 1. The van der Waals surface area contributed by atoms with Gasteiger partial charge < -0.3 is 10.2 Å². The first-order valence-corrected chi connectivity index (χ1v) is 8.13. The van der Waals surface area contributed by atoms with E-state index in [0.717, 1.165) is 42.9 Å². The van der Waals surface area contributed by atoms with Crippen molar-refractivity contribution in [3.05, 3.63) is 35.4 Å². The van der Waals surface area contributed by atoms with E-state index in [9.17, 15) is 4.79 Å². The third kappa shape index (κ3) is 4.07. The van der Waals surface area contributed by atoms with Gasteiger partial charge in [-0.3, -0.25) is 4.79 Å². The van der Waals surface area contributed by atoms with Crippen molar-refractivity contribution < 1.29 is 4.79 Å². The number of hydrogen-bond acceptors (Lipinski definition) is 2. The lowest BCUT2D eigenvalue weighted by Crippen LogP contribution is -2.40. The number of benzene rings is 1. The molecule has 2 atom stereocenters. The van der Waals surface area contributed by atoms with Crippen LogP contribution in [0, 0.1) is 5.92 Å². The van der Waals surface area contributed by atoms with Gasteiger partial charge in [-0.1, -0.05) is 38.0 Å². The molecule has 0 radical (unpaired) electrons. The van der Waals surface area contributed by atoms with Gasteiger partial charge in [0.05, 0.1) is 0 Å². The largest absolute Gasteiger partial charge is 0.339 e. The fourth-order valence-electron chi connectivity index (χ4n) is 3.32. The molecule has 3 nitrogen and oxygen atoms in total. The van der Waals surface area contributed by atoms with Crippen molar-refractivity contribution in [1.29, 1.82) is 0 Å². The molecule has 2 unspecified atom stereocenters. The summed E-state index contributed by atoms with van der Waals surface area (Å²) in [6.07, 6.45) is 5.72. The van der Waals surface area contributed by atoms with Gasteiger partial charge in [0.2, 0.25) is 0 Å². The van der Waals surface area contributed by atoms with Gasteiger partial charge in [-0.2, -0.15) is 0 Å². The Morgan fingerprint density at radius 1 is 1.33 bits per heavy atom. The van der Waals surface area contributed by atoms with E-state index in [0.29, 0.717) is 6.04 Å². The maximum atomic E-state index is 12.8. The van der Waals surface area contributed by atoms with Crippen molar-refractivity contribution in [3.63, 3.8) is 0 Å². The predicted molar refractivity (Wildman–Crippen MR) is 87.6 cm³/mol. The fourth-order valence-corrected chi connectivity index (χ4v) is 3.32. The zero-order chi connectivity index (χ0) is 15.2. The minimum atomic E-state index is 0.181. The second-order valence-electron chi connectivity index (χ2n) is 6.35. The third-order valence-corrected chi connectivity index (χ3v) is 4.67. The summed E-state index contributed by atoms with van der Waals surface area (Å²) in [6, 6.07) is 8.43. The van der Waals surface area contributed by atoms with E-state index >= 15 is 0 Å². The zero-order valence-electron chi connectivity index (χ0n) is 13.6. The quantitative estimate of drug-likeness (QED) is 0.903. The Morgan fingerprint density at radius 2 is 2.10 bits per heavy atom. The minimum absolute atomic E-state index is 0.181. The van der Waals surface area contributed by atoms with Crippen LogP contribution in [0.15, 0.2) is 24.3 Å². The molecule has 0 aromatic heterocycles. The van der Waals surface area contributed by atoms with E-state index in [1.807, 2.05) is 37.2 Å². The second kappa shape index (κ2) is 7.60. The average molecular weight is 288 g/mol. The monoisotopic (exact) mass is 288 g/mol. The van der Waals surface area contributed by atoms with Crippen molar-refractivity contribution in [1.82, 2.24) is 10.2 Å². The summed E-state index contributed by atoms with van der Waals surface area (Å²) in [5, 5.41) is 3.16. The van der Waals surface area contributed by atoms with Crippen LogP contribution in [0.25, 0.3) is 0 Å². The van der Waals surface area contributed by atoms with Crippen molar-refractivity contribution in [2.75, 3.05) is 20.6 Å². The molecule has 1 saturated carbocycles. The van der Waals surface area contributed by atoms with E-state index in [-0.39, 0.29) is 5.91 Å². The number of carbonyl (C=O) groups is 1. The van der Waals surface area contributed by atoms with Crippen LogP contribution in [0.5, 0.6) is 0 Å². The van der Waals surface area contributed by atoms with E-state index in [1.54, 1.807) is 0 Å². The van der Waals surface area contributed by atoms with Gasteiger partial charge in [0.25, 0.3) is 5.91 Å². The SMILES string of the molecule is CNCCc1ccccc1C(=O)N(C)C1CCCC(C)C1. The molecule has 1 fully saturated rings. The molecule has 0 saturated heterocycles. The van der Waals surface area contributed by atoms with Crippen LogP contribution < -0.4 is 5.32 Å². The van der Waals surface area contributed by atoms with Crippen LogP contribution in [0.4, 0.5) is 0 Å². The highest BCUT2D eigenvalue weighted by atomic mass is 16.2. The predicted octanol–water partition coefficient (Wildman–Crippen LogP) is 3.10. The molecular formula is C18H28N2O. The number of hydrogen-bond donors (Lipinski definition) is 1. The van der Waals surface area contributed by atoms with Crippen LogP contribution in [0.2, 0.25) is 0 Å². The Labute approximate surface area is 128 Å². The maximum Gasteiger partial charge on any atom is 0.254 e. The molecule has 116 valence electrons. The molecule has 1 N–H and O–H groups in total. The van der Waals surface area contributed by atoms with Gasteiger partial charge in [-0.25, -0.2) is 0 Å². The average Bonchev–Trinajstić information content (AvgIpc) is 2.51. The summed E-state index contributed by atoms with van der Waals surface area (Å²) in [5.74, 6) is 0.916. The number of amides is 1. The molecule has 1 aliphatic rings. The van der Waals surface area contributed by atoms with Crippen LogP contribution in [-0.2, 0) is 6.42 Å². The smallest absolute Gasteiger partial charge is 0.254 e. The maximum absolute atomic E-state index is 12.8. The Hall–Kier alpha value is -1.35. The first kappa shape index (κ1) is 16.0. The van der Waals surface area contributed by atoms with Gasteiger partial charge in [0.1, 0.15) is 0 Å². The molecule has 1 amide bonds. The minimum Gasteiger partial charge on any atom is -0.339 e. The van der Waals surface area contributed by atoms with Crippen LogP contribution in [0.3, 0.4) is 0 Å². The lowest BCUT2D eigenvalue weighted by molar-refractivity contribution is 0.0671. The summed E-state index contributed by atoms with van der Waals surface area (Å²) in [6.45, 7) is 3.19. The highest BCUT2D eigenvalue weighted by molar-refractivity contribution is 5.95. The summed E-state index contributed by atoms with van der Waals surface area (Å²) < 4.78 is 0. The molecule has 3 heteroatoms. The summed E-state index contributed by atoms with van der Waals surface area (Å²) in [4.78, 5) is 14.8. The molecule has 0 bridgehead atoms. The standard InChI is InChI=1S/C18H28N2O/c1-14-7-6-9-16(13-14)20(3)18(21)17-10-5-4-8-15(17)11-12-19-2/h4-5,8,10,14,16,19H,6-7,9,11-13H2,1-3H3. The summed E-state index contributed by atoms with van der Waals surface area (Å²) in [7, 11) is 3.92. The highest BCUT2D eigenvalue weighted by Crippen LogP contribution is 2.27. The van der Waals surface area contributed by atoms with Crippen LogP contribution in [-0.4, -0.2) is 37.5 Å². The first-order valence-electron chi connectivity index (χ1n) is 8.13. The van der Waals surface area contributed by atoms with Gasteiger partial charge >= 0.3 is 0 Å². The highest BCUT2D eigenvalue weighted by Gasteiger charge is 2.26. The van der Waals surface area contributed by atoms with Crippen LogP contribution >= 0.6 is 0 Å². The Kier molecular flexibility index (Phi) is 5.80. The van der Waals surface area contributed by atoms with E-state index in [4.69, 9.17) is 0 Å². The van der Waals surface area contributed by atoms with Crippen molar-refractivity contribution in [2.45, 2.75) is 45.1 Å². The third-order valence-electron chi connectivity index (χ3n) is 4.67. The van der Waals surface area contributed by atoms with Crippen molar-refractivity contribution in [2.24, 2.45) is 5.92 Å².